The number of terminal acetylenes is 1. The van der Waals surface area contributed by atoms with Crippen molar-refractivity contribution in [3.05, 3.63) is 35.7 Å². The maximum Gasteiger partial charge on any atom is 0.193 e. The van der Waals surface area contributed by atoms with Gasteiger partial charge in [0.1, 0.15) is 0 Å². The van der Waals surface area contributed by atoms with E-state index in [1.807, 2.05) is 24.3 Å². The van der Waals surface area contributed by atoms with E-state index < -0.39 is 0 Å². The summed E-state index contributed by atoms with van der Waals surface area (Å²) >= 11 is 0. The lowest BCUT2D eigenvalue weighted by molar-refractivity contribution is 0.628. The molecule has 0 fully saturated rings. The molecule has 0 saturated heterocycles. The van der Waals surface area contributed by atoms with E-state index >= 15 is 0 Å². The van der Waals surface area contributed by atoms with Crippen LogP contribution in [0.4, 0.5) is 5.69 Å². The zero-order valence-electron chi connectivity index (χ0n) is 8.88. The molecule has 0 radical (unpaired) electrons. The number of benzene rings is 1. The highest BCUT2D eigenvalue weighted by Gasteiger charge is 1.99. The molecule has 0 unspecified atom stereocenters. The second-order valence-electron chi connectivity index (χ2n) is 3.27. The molecular weight excluding hydrogens is 202 g/mol. The largest absolute Gasteiger partial charge is 0.378 e. The van der Waals surface area contributed by atoms with Crippen molar-refractivity contribution in [1.82, 2.24) is 20.2 Å². The number of anilines is 1. The van der Waals surface area contributed by atoms with Crippen molar-refractivity contribution < 1.29 is 0 Å². The molecule has 1 N–H and O–H groups in total. The average Bonchev–Trinajstić information content (AvgIpc) is 2.73. The number of hydrogen-bond acceptors (Lipinski definition) is 4. The van der Waals surface area contributed by atoms with E-state index in [9.17, 15) is 0 Å². The normalized spacial score (nSPS) is 9.75. The number of nitrogens with zero attached hydrogens (tertiary/aromatic N) is 4. The van der Waals surface area contributed by atoms with E-state index in [0.717, 1.165) is 11.3 Å². The Morgan fingerprint density at radius 3 is 3.06 bits per heavy atom. The van der Waals surface area contributed by atoms with Gasteiger partial charge >= 0.3 is 0 Å². The van der Waals surface area contributed by atoms with E-state index in [1.54, 1.807) is 7.05 Å². The van der Waals surface area contributed by atoms with Gasteiger partial charge in [0.15, 0.2) is 5.82 Å². The number of tetrazole rings is 1. The molecule has 0 atom stereocenters. The lowest BCUT2D eigenvalue weighted by Gasteiger charge is -2.03. The van der Waals surface area contributed by atoms with Crippen LogP contribution in [0.5, 0.6) is 0 Å². The number of rotatable bonds is 3. The topological polar surface area (TPSA) is 55.6 Å². The van der Waals surface area contributed by atoms with Crippen LogP contribution in [0.25, 0.3) is 0 Å². The number of hydrogen-bond donors (Lipinski definition) is 1. The Balaban J connectivity index is 2.02. The minimum atomic E-state index is 0.530. The first kappa shape index (κ1) is 10.2. The smallest absolute Gasteiger partial charge is 0.193 e. The van der Waals surface area contributed by atoms with Gasteiger partial charge in [-0.05, 0) is 23.4 Å². The van der Waals surface area contributed by atoms with Crippen LogP contribution in [0.15, 0.2) is 24.3 Å². The molecule has 1 aromatic heterocycles. The first-order chi connectivity index (χ1) is 7.78. The van der Waals surface area contributed by atoms with Gasteiger partial charge < -0.3 is 5.32 Å². The van der Waals surface area contributed by atoms with Gasteiger partial charge in [0, 0.05) is 11.3 Å². The maximum absolute atomic E-state index is 5.31. The van der Waals surface area contributed by atoms with Gasteiger partial charge in [-0.25, -0.2) is 0 Å². The summed E-state index contributed by atoms with van der Waals surface area (Å²) in [4.78, 5) is 1.43. The van der Waals surface area contributed by atoms with Gasteiger partial charge in [0.2, 0.25) is 0 Å². The first-order valence-corrected chi connectivity index (χ1v) is 4.81. The standard InChI is InChI=1S/C11H11N5/c1-3-9-5-4-6-10(7-9)12-8-11-13-15-16(2)14-11/h1,4-7,12H,8H2,2H3. The highest BCUT2D eigenvalue weighted by Crippen LogP contribution is 2.10. The van der Waals surface area contributed by atoms with E-state index in [1.165, 1.54) is 4.80 Å². The van der Waals surface area contributed by atoms with Crippen LogP contribution in [0.3, 0.4) is 0 Å². The molecule has 5 nitrogen and oxygen atoms in total. The second kappa shape index (κ2) is 4.45. The first-order valence-electron chi connectivity index (χ1n) is 4.81. The maximum atomic E-state index is 5.31. The lowest BCUT2D eigenvalue weighted by Crippen LogP contribution is -2.02. The van der Waals surface area contributed by atoms with Gasteiger partial charge in [-0.15, -0.1) is 16.6 Å². The molecule has 0 saturated carbocycles. The van der Waals surface area contributed by atoms with Crippen molar-refractivity contribution >= 4 is 5.69 Å². The molecule has 0 spiro atoms. The zero-order valence-corrected chi connectivity index (χ0v) is 8.88. The van der Waals surface area contributed by atoms with Crippen molar-refractivity contribution in [3.8, 4) is 12.3 Å². The second-order valence-corrected chi connectivity index (χ2v) is 3.27. The Bertz CT molecular complexity index is 523. The SMILES string of the molecule is C#Cc1cccc(NCc2nnn(C)n2)c1. The summed E-state index contributed by atoms with van der Waals surface area (Å²) in [7, 11) is 1.73. The fraction of sp³-hybridized carbons (Fsp3) is 0.182. The quantitative estimate of drug-likeness (QED) is 0.766. The molecule has 2 rings (SSSR count). The van der Waals surface area contributed by atoms with Gasteiger partial charge in [-0.1, -0.05) is 12.0 Å². The molecule has 0 aliphatic heterocycles. The lowest BCUT2D eigenvalue weighted by atomic mass is 10.2. The highest BCUT2D eigenvalue weighted by atomic mass is 15.6. The van der Waals surface area contributed by atoms with Crippen LogP contribution in [-0.2, 0) is 13.6 Å². The van der Waals surface area contributed by atoms with Crippen LogP contribution >= 0.6 is 0 Å². The molecule has 0 aliphatic rings. The average molecular weight is 213 g/mol. The predicted octanol–water partition coefficient (Wildman–Crippen LogP) is 0.804. The molecule has 1 heterocycles. The Kier molecular flexibility index (Phi) is 2.83. The van der Waals surface area contributed by atoms with E-state index in [0.29, 0.717) is 12.4 Å². The van der Waals surface area contributed by atoms with Crippen molar-refractivity contribution in [2.75, 3.05) is 5.32 Å². The molecule has 0 bridgehead atoms. The van der Waals surface area contributed by atoms with Crippen molar-refractivity contribution in [2.45, 2.75) is 6.54 Å². The predicted molar refractivity (Wildman–Crippen MR) is 60.5 cm³/mol. The Morgan fingerprint density at radius 2 is 2.38 bits per heavy atom. The Morgan fingerprint density at radius 1 is 1.50 bits per heavy atom. The Labute approximate surface area is 93.5 Å². The summed E-state index contributed by atoms with van der Waals surface area (Å²) in [6.07, 6.45) is 5.31. The molecular formula is C11H11N5. The summed E-state index contributed by atoms with van der Waals surface area (Å²) in [5.74, 6) is 3.23. The van der Waals surface area contributed by atoms with Crippen molar-refractivity contribution in [1.29, 1.82) is 0 Å². The van der Waals surface area contributed by atoms with Gasteiger partial charge in [-0.2, -0.15) is 4.80 Å². The van der Waals surface area contributed by atoms with Gasteiger partial charge in [0.25, 0.3) is 0 Å². The summed E-state index contributed by atoms with van der Waals surface area (Å²) < 4.78 is 0. The summed E-state index contributed by atoms with van der Waals surface area (Å²) in [6.45, 7) is 0.530. The van der Waals surface area contributed by atoms with E-state index in [-0.39, 0.29) is 0 Å². The zero-order chi connectivity index (χ0) is 11.4. The third-order valence-electron chi connectivity index (χ3n) is 2.03. The number of nitrogens with one attached hydrogen (secondary N) is 1. The minimum Gasteiger partial charge on any atom is -0.378 e. The van der Waals surface area contributed by atoms with Crippen LogP contribution in [0.2, 0.25) is 0 Å². The molecule has 0 amide bonds. The monoisotopic (exact) mass is 213 g/mol. The van der Waals surface area contributed by atoms with E-state index in [2.05, 4.69) is 26.6 Å². The molecule has 16 heavy (non-hydrogen) atoms. The van der Waals surface area contributed by atoms with E-state index in [4.69, 9.17) is 6.42 Å². The summed E-state index contributed by atoms with van der Waals surface area (Å²) in [5.41, 5.74) is 1.79. The van der Waals surface area contributed by atoms with Crippen LogP contribution < -0.4 is 5.32 Å². The highest BCUT2D eigenvalue weighted by molar-refractivity contribution is 5.49. The molecule has 5 heteroatoms. The minimum absolute atomic E-state index is 0.530. The fourth-order valence-electron chi connectivity index (χ4n) is 1.29. The van der Waals surface area contributed by atoms with Gasteiger partial charge in [-0.3, -0.25) is 0 Å². The molecule has 2 aromatic rings. The third kappa shape index (κ3) is 2.36. The number of aryl methyl sites for hydroxylation is 1. The van der Waals surface area contributed by atoms with Crippen LogP contribution in [0, 0.1) is 12.3 Å². The molecule has 80 valence electrons. The summed E-state index contributed by atoms with van der Waals surface area (Å²) in [6, 6.07) is 7.63. The van der Waals surface area contributed by atoms with Crippen molar-refractivity contribution in [3.63, 3.8) is 0 Å². The van der Waals surface area contributed by atoms with Gasteiger partial charge in [0.05, 0.1) is 13.6 Å². The molecule has 0 aliphatic carbocycles. The summed E-state index contributed by atoms with van der Waals surface area (Å²) in [5, 5.41) is 14.9. The number of aromatic nitrogens is 4. The van der Waals surface area contributed by atoms with Crippen molar-refractivity contribution in [2.24, 2.45) is 7.05 Å². The van der Waals surface area contributed by atoms with Crippen LogP contribution in [-0.4, -0.2) is 20.2 Å². The fourth-order valence-corrected chi connectivity index (χ4v) is 1.29. The molecule has 1 aromatic carbocycles. The Hall–Kier alpha value is -2.35. The van der Waals surface area contributed by atoms with Crippen LogP contribution in [0.1, 0.15) is 11.4 Å². The third-order valence-corrected chi connectivity index (χ3v) is 2.03.